The highest BCUT2D eigenvalue weighted by molar-refractivity contribution is 5.13. The van der Waals surface area contributed by atoms with Crippen molar-refractivity contribution in [3.8, 4) is 0 Å². The molecule has 2 aromatic heterocycles. The zero-order valence-electron chi connectivity index (χ0n) is 14.4. The number of furan rings is 1. The summed E-state index contributed by atoms with van der Waals surface area (Å²) in [7, 11) is 0. The van der Waals surface area contributed by atoms with E-state index in [1.807, 2.05) is 13.0 Å². The molecule has 6 heteroatoms. The summed E-state index contributed by atoms with van der Waals surface area (Å²) in [4.78, 5) is 4.88. The van der Waals surface area contributed by atoms with Crippen LogP contribution in [0.15, 0.2) is 22.6 Å². The average molecular weight is 330 g/mol. The van der Waals surface area contributed by atoms with Crippen LogP contribution in [0, 0.1) is 6.92 Å². The lowest BCUT2D eigenvalue weighted by molar-refractivity contribution is 0.140. The number of fused-ring (bicyclic) bond motifs is 1. The summed E-state index contributed by atoms with van der Waals surface area (Å²) in [5.74, 6) is 2.03. The van der Waals surface area contributed by atoms with Crippen LogP contribution in [0.1, 0.15) is 29.3 Å². The van der Waals surface area contributed by atoms with Crippen LogP contribution >= 0.6 is 0 Å². The molecule has 2 aromatic rings. The van der Waals surface area contributed by atoms with E-state index in [0.29, 0.717) is 0 Å². The Hall–Kier alpha value is -1.63. The molecule has 0 bridgehead atoms. The van der Waals surface area contributed by atoms with E-state index in [1.54, 1.807) is 0 Å². The highest BCUT2D eigenvalue weighted by Gasteiger charge is 2.20. The summed E-state index contributed by atoms with van der Waals surface area (Å²) >= 11 is 0. The second-order valence-corrected chi connectivity index (χ2v) is 6.82. The van der Waals surface area contributed by atoms with Gasteiger partial charge in [0.2, 0.25) is 0 Å². The van der Waals surface area contributed by atoms with Crippen LogP contribution in [0.3, 0.4) is 0 Å². The first kappa shape index (κ1) is 15.9. The van der Waals surface area contributed by atoms with E-state index in [4.69, 9.17) is 14.3 Å². The average Bonchev–Trinajstić information content (AvgIpc) is 3.05. The van der Waals surface area contributed by atoms with E-state index in [9.17, 15) is 0 Å². The molecule has 1 fully saturated rings. The fourth-order valence-electron chi connectivity index (χ4n) is 3.57. The largest absolute Gasteiger partial charge is 0.465 e. The predicted octanol–water partition coefficient (Wildman–Crippen LogP) is 2.02. The summed E-state index contributed by atoms with van der Waals surface area (Å²) in [6.45, 7) is 10.5. The predicted molar refractivity (Wildman–Crippen MR) is 90.5 cm³/mol. The molecule has 0 aromatic carbocycles. The molecule has 0 saturated carbocycles. The van der Waals surface area contributed by atoms with Crippen LogP contribution in [0.4, 0.5) is 0 Å². The van der Waals surface area contributed by atoms with E-state index in [1.165, 1.54) is 11.4 Å². The van der Waals surface area contributed by atoms with Crippen molar-refractivity contribution in [2.24, 2.45) is 0 Å². The molecule has 4 heterocycles. The third-order valence-corrected chi connectivity index (χ3v) is 4.80. The quantitative estimate of drug-likeness (QED) is 0.858. The van der Waals surface area contributed by atoms with E-state index in [2.05, 4.69) is 26.6 Å². The van der Waals surface area contributed by atoms with Crippen LogP contribution in [0.2, 0.25) is 0 Å². The summed E-state index contributed by atoms with van der Waals surface area (Å²) < 4.78 is 13.4. The number of hydrogen-bond donors (Lipinski definition) is 0. The molecule has 130 valence electrons. The molecule has 0 atom stereocenters. The molecule has 0 amide bonds. The lowest BCUT2D eigenvalue weighted by Gasteiger charge is -2.26. The van der Waals surface area contributed by atoms with Gasteiger partial charge in [-0.25, -0.2) is 0 Å². The number of hydrogen-bond acceptors (Lipinski definition) is 5. The number of aryl methyl sites for hydroxylation is 1. The minimum atomic E-state index is 0.837. The molecule has 24 heavy (non-hydrogen) atoms. The number of rotatable bonds is 4. The van der Waals surface area contributed by atoms with Crippen LogP contribution in [0.25, 0.3) is 0 Å². The van der Waals surface area contributed by atoms with Gasteiger partial charge in [0.05, 0.1) is 31.1 Å². The molecule has 6 nitrogen and oxygen atoms in total. The van der Waals surface area contributed by atoms with Crippen LogP contribution in [-0.2, 0) is 30.9 Å². The first-order valence-electron chi connectivity index (χ1n) is 8.90. The SMILES string of the molecule is Cc1ccc(CN2CCn3nc(CN4CCCOCC4)cc3C2)o1. The molecule has 0 aliphatic carbocycles. The van der Waals surface area contributed by atoms with Crippen molar-refractivity contribution < 1.29 is 9.15 Å². The van der Waals surface area contributed by atoms with Gasteiger partial charge >= 0.3 is 0 Å². The Kier molecular flexibility index (Phi) is 4.69. The Labute approximate surface area is 143 Å². The maximum absolute atomic E-state index is 5.71. The van der Waals surface area contributed by atoms with Crippen LogP contribution in [0.5, 0.6) is 0 Å². The van der Waals surface area contributed by atoms with Crippen molar-refractivity contribution in [3.05, 3.63) is 41.1 Å². The third-order valence-electron chi connectivity index (χ3n) is 4.80. The van der Waals surface area contributed by atoms with E-state index in [-0.39, 0.29) is 0 Å². The monoisotopic (exact) mass is 330 g/mol. The molecular weight excluding hydrogens is 304 g/mol. The Morgan fingerprint density at radius 1 is 1.04 bits per heavy atom. The van der Waals surface area contributed by atoms with Gasteiger partial charge < -0.3 is 9.15 Å². The fraction of sp³-hybridized carbons (Fsp3) is 0.611. The molecule has 2 aliphatic rings. The number of ether oxygens (including phenoxy) is 1. The standard InChI is InChI=1S/C18H26N4O2/c1-15-3-4-18(24-15)14-21-6-7-22-17(13-21)11-16(19-22)12-20-5-2-9-23-10-8-20/h3-4,11H,2,5-10,12-14H2,1H3. The smallest absolute Gasteiger partial charge is 0.118 e. The first-order chi connectivity index (χ1) is 11.8. The number of nitrogens with zero attached hydrogens (tertiary/aromatic N) is 4. The van der Waals surface area contributed by atoms with Crippen molar-refractivity contribution in [2.75, 3.05) is 32.8 Å². The Morgan fingerprint density at radius 2 is 2.00 bits per heavy atom. The maximum Gasteiger partial charge on any atom is 0.118 e. The summed E-state index contributed by atoms with van der Waals surface area (Å²) in [5, 5.41) is 4.81. The second kappa shape index (κ2) is 7.09. The summed E-state index contributed by atoms with van der Waals surface area (Å²) in [6.07, 6.45) is 1.11. The minimum Gasteiger partial charge on any atom is -0.465 e. The van der Waals surface area contributed by atoms with Crippen molar-refractivity contribution in [1.82, 2.24) is 19.6 Å². The fourth-order valence-corrected chi connectivity index (χ4v) is 3.57. The van der Waals surface area contributed by atoms with Crippen molar-refractivity contribution in [2.45, 2.75) is 39.5 Å². The second-order valence-electron chi connectivity index (χ2n) is 6.82. The lowest BCUT2D eigenvalue weighted by Crippen LogP contribution is -2.33. The molecule has 2 aliphatic heterocycles. The Morgan fingerprint density at radius 3 is 2.88 bits per heavy atom. The Balaban J connectivity index is 1.38. The summed E-state index contributed by atoms with van der Waals surface area (Å²) in [5.41, 5.74) is 2.49. The normalized spacial score (nSPS) is 20.0. The maximum atomic E-state index is 5.71. The molecular formula is C18H26N4O2. The molecule has 0 unspecified atom stereocenters. The Bertz CT molecular complexity index is 670. The van der Waals surface area contributed by atoms with E-state index >= 15 is 0 Å². The number of aromatic nitrogens is 2. The zero-order chi connectivity index (χ0) is 16.4. The van der Waals surface area contributed by atoms with Crippen molar-refractivity contribution >= 4 is 0 Å². The zero-order valence-corrected chi connectivity index (χ0v) is 14.4. The summed E-state index contributed by atoms with van der Waals surface area (Å²) in [6, 6.07) is 6.38. The van der Waals surface area contributed by atoms with Gasteiger partial charge in [0.25, 0.3) is 0 Å². The third kappa shape index (κ3) is 3.71. The first-order valence-corrected chi connectivity index (χ1v) is 8.90. The van der Waals surface area contributed by atoms with Crippen LogP contribution < -0.4 is 0 Å². The van der Waals surface area contributed by atoms with Gasteiger partial charge in [-0.05, 0) is 31.5 Å². The molecule has 0 N–H and O–H groups in total. The van der Waals surface area contributed by atoms with Crippen LogP contribution in [-0.4, -0.2) is 52.4 Å². The van der Waals surface area contributed by atoms with Gasteiger partial charge in [0, 0.05) is 39.3 Å². The van der Waals surface area contributed by atoms with Crippen molar-refractivity contribution in [3.63, 3.8) is 0 Å². The molecule has 0 radical (unpaired) electrons. The highest BCUT2D eigenvalue weighted by atomic mass is 16.5. The van der Waals surface area contributed by atoms with E-state index in [0.717, 1.165) is 77.0 Å². The van der Waals surface area contributed by atoms with Crippen molar-refractivity contribution in [1.29, 1.82) is 0 Å². The highest BCUT2D eigenvalue weighted by Crippen LogP contribution is 2.18. The molecule has 4 rings (SSSR count). The minimum absolute atomic E-state index is 0.837. The van der Waals surface area contributed by atoms with Gasteiger partial charge in [0.15, 0.2) is 0 Å². The van der Waals surface area contributed by atoms with E-state index < -0.39 is 0 Å². The van der Waals surface area contributed by atoms with Gasteiger partial charge in [0.1, 0.15) is 11.5 Å². The lowest BCUT2D eigenvalue weighted by atomic mass is 10.2. The van der Waals surface area contributed by atoms with Gasteiger partial charge in [-0.3, -0.25) is 14.5 Å². The topological polar surface area (TPSA) is 46.7 Å². The molecule has 0 spiro atoms. The van der Waals surface area contributed by atoms with Gasteiger partial charge in [-0.1, -0.05) is 0 Å². The van der Waals surface area contributed by atoms with Gasteiger partial charge in [-0.15, -0.1) is 0 Å². The van der Waals surface area contributed by atoms with Gasteiger partial charge in [-0.2, -0.15) is 5.10 Å². The molecule has 1 saturated heterocycles.